The van der Waals surface area contributed by atoms with Gasteiger partial charge in [-0.05, 0) is 54.8 Å². The zero-order valence-corrected chi connectivity index (χ0v) is 30.3. The van der Waals surface area contributed by atoms with Crippen molar-refractivity contribution in [2.24, 2.45) is 0 Å². The number of esters is 3. The molecule has 0 unspecified atom stereocenters. The molecule has 0 fully saturated rings. The number of hydrogen-bond donors (Lipinski definition) is 1. The summed E-state index contributed by atoms with van der Waals surface area (Å²) in [5, 5.41) is 1.72. The number of ether oxygens (including phenoxy) is 3. The van der Waals surface area contributed by atoms with Crippen LogP contribution < -0.4 is 5.32 Å². The van der Waals surface area contributed by atoms with Gasteiger partial charge in [0.2, 0.25) is 5.41 Å². The molecule has 1 N–H and O–H groups in total. The summed E-state index contributed by atoms with van der Waals surface area (Å²) in [6.07, 6.45) is -5.41. The maximum absolute atomic E-state index is 15.9. The number of halogens is 5. The maximum atomic E-state index is 15.9. The molecule has 4 rings (SSSR count). The molecular formula is C39H35ClF4N2O8. The third kappa shape index (κ3) is 8.88. The van der Waals surface area contributed by atoms with Gasteiger partial charge in [0.25, 0.3) is 11.8 Å². The molecule has 284 valence electrons. The third-order valence-corrected chi connectivity index (χ3v) is 8.51. The summed E-state index contributed by atoms with van der Waals surface area (Å²) in [7, 11) is 2.76. The van der Waals surface area contributed by atoms with Crippen LogP contribution in [0.4, 0.5) is 23.2 Å². The number of amides is 2. The highest BCUT2D eigenvalue weighted by molar-refractivity contribution is 6.35. The summed E-state index contributed by atoms with van der Waals surface area (Å²) in [6.45, 7) is 1.94. The zero-order valence-electron chi connectivity index (χ0n) is 29.5. The summed E-state index contributed by atoms with van der Waals surface area (Å²) in [5.41, 5.74) is -3.70. The van der Waals surface area contributed by atoms with Crippen molar-refractivity contribution >= 4 is 47.0 Å². The number of hydrogen-bond acceptors (Lipinski definition) is 8. The average molecular weight is 771 g/mol. The fourth-order valence-corrected chi connectivity index (χ4v) is 5.71. The number of carbonyl (C=O) groups excluding carboxylic acids is 5. The Morgan fingerprint density at radius 2 is 1.33 bits per heavy atom. The smallest absolute Gasteiger partial charge is 0.416 e. The SMILES string of the molecule is CCOC(=O)C(COC(=O)Cc1cc(C(=O)N(C)C)c(NC(=O)c2ccccc2-c2ccc(C(F)(F)F)cc2)c(Cl)c1F)(C(=O)OCC)c1ccccc1. The molecule has 0 radical (unpaired) electrons. The normalized spacial score (nSPS) is 11.4. The Morgan fingerprint density at radius 3 is 1.89 bits per heavy atom. The molecule has 0 heterocycles. The molecule has 10 nitrogen and oxygen atoms in total. The van der Waals surface area contributed by atoms with Gasteiger partial charge in [0.1, 0.15) is 17.4 Å². The number of nitrogens with zero attached hydrogens (tertiary/aromatic N) is 1. The summed E-state index contributed by atoms with van der Waals surface area (Å²) in [4.78, 5) is 68.0. The largest absolute Gasteiger partial charge is 0.465 e. The van der Waals surface area contributed by atoms with Crippen LogP contribution in [0.5, 0.6) is 0 Å². The predicted molar refractivity (Wildman–Crippen MR) is 190 cm³/mol. The number of anilines is 1. The maximum Gasteiger partial charge on any atom is 0.416 e. The lowest BCUT2D eigenvalue weighted by atomic mass is 9.81. The Kier molecular flexibility index (Phi) is 13.2. The Morgan fingerprint density at radius 1 is 0.759 bits per heavy atom. The van der Waals surface area contributed by atoms with Gasteiger partial charge in [-0.3, -0.25) is 24.0 Å². The fraction of sp³-hybridized carbons (Fsp3) is 0.256. The van der Waals surface area contributed by atoms with Crippen LogP contribution in [0.25, 0.3) is 11.1 Å². The van der Waals surface area contributed by atoms with Crippen LogP contribution in [0.15, 0.2) is 84.9 Å². The molecule has 0 bridgehead atoms. The van der Waals surface area contributed by atoms with Crippen molar-refractivity contribution in [1.29, 1.82) is 0 Å². The molecule has 54 heavy (non-hydrogen) atoms. The monoisotopic (exact) mass is 770 g/mol. The first-order chi connectivity index (χ1) is 25.6. The van der Waals surface area contributed by atoms with Crippen LogP contribution in [-0.2, 0) is 46.6 Å². The molecule has 0 aromatic heterocycles. The van der Waals surface area contributed by atoms with E-state index in [1.54, 1.807) is 24.3 Å². The van der Waals surface area contributed by atoms with E-state index in [0.29, 0.717) is 0 Å². The third-order valence-electron chi connectivity index (χ3n) is 8.15. The predicted octanol–water partition coefficient (Wildman–Crippen LogP) is 7.27. The second kappa shape index (κ2) is 17.4. The van der Waals surface area contributed by atoms with E-state index >= 15 is 4.39 Å². The number of carbonyl (C=O) groups is 5. The van der Waals surface area contributed by atoms with Crippen molar-refractivity contribution in [1.82, 2.24) is 4.90 Å². The molecule has 15 heteroatoms. The minimum absolute atomic E-state index is 0.0326. The van der Waals surface area contributed by atoms with Crippen LogP contribution in [0.2, 0.25) is 5.02 Å². The lowest BCUT2D eigenvalue weighted by Crippen LogP contribution is -2.50. The first-order valence-electron chi connectivity index (χ1n) is 16.4. The quantitative estimate of drug-likeness (QED) is 0.0651. The van der Waals surface area contributed by atoms with Gasteiger partial charge in [-0.1, -0.05) is 72.3 Å². The Labute approximate surface area is 313 Å². The van der Waals surface area contributed by atoms with Crippen molar-refractivity contribution in [3.05, 3.63) is 124 Å². The Bertz CT molecular complexity index is 2020. The van der Waals surface area contributed by atoms with Crippen molar-refractivity contribution < 1.29 is 55.7 Å². The highest BCUT2D eigenvalue weighted by Gasteiger charge is 2.52. The van der Waals surface area contributed by atoms with Crippen LogP contribution in [-0.4, -0.2) is 68.5 Å². The molecule has 0 aliphatic rings. The molecule has 0 aliphatic carbocycles. The number of nitrogens with one attached hydrogen (secondary N) is 1. The molecular weight excluding hydrogens is 736 g/mol. The highest BCUT2D eigenvalue weighted by atomic mass is 35.5. The van der Waals surface area contributed by atoms with E-state index in [1.807, 2.05) is 0 Å². The van der Waals surface area contributed by atoms with Gasteiger partial charge in [-0.25, -0.2) is 4.39 Å². The fourth-order valence-electron chi connectivity index (χ4n) is 5.44. The summed E-state index contributed by atoms with van der Waals surface area (Å²) in [5.74, 6) is -6.02. The van der Waals surface area contributed by atoms with E-state index < -0.39 is 82.0 Å². The first-order valence-corrected chi connectivity index (χ1v) is 16.8. The van der Waals surface area contributed by atoms with Gasteiger partial charge in [0.05, 0.1) is 36.4 Å². The molecule has 0 spiro atoms. The van der Waals surface area contributed by atoms with Gasteiger partial charge < -0.3 is 24.4 Å². The topological polar surface area (TPSA) is 128 Å². The molecule has 0 atom stereocenters. The van der Waals surface area contributed by atoms with Gasteiger partial charge in [0.15, 0.2) is 0 Å². The van der Waals surface area contributed by atoms with E-state index in [9.17, 15) is 37.1 Å². The minimum Gasteiger partial charge on any atom is -0.465 e. The number of rotatable bonds is 13. The second-order valence-corrected chi connectivity index (χ2v) is 12.3. The van der Waals surface area contributed by atoms with Crippen LogP contribution in [0.3, 0.4) is 0 Å². The summed E-state index contributed by atoms with van der Waals surface area (Å²) >= 11 is 6.43. The lowest BCUT2D eigenvalue weighted by molar-refractivity contribution is -0.170. The molecule has 0 aliphatic heterocycles. The number of alkyl halides is 3. The van der Waals surface area contributed by atoms with E-state index in [1.165, 1.54) is 70.4 Å². The van der Waals surface area contributed by atoms with Gasteiger partial charge >= 0.3 is 24.1 Å². The zero-order chi connectivity index (χ0) is 39.8. The van der Waals surface area contributed by atoms with E-state index in [2.05, 4.69) is 5.32 Å². The van der Waals surface area contributed by atoms with Crippen molar-refractivity contribution in [2.45, 2.75) is 31.9 Å². The van der Waals surface area contributed by atoms with Crippen molar-refractivity contribution in [3.8, 4) is 11.1 Å². The molecule has 4 aromatic rings. The lowest BCUT2D eigenvalue weighted by Gasteiger charge is -2.29. The van der Waals surface area contributed by atoms with Crippen LogP contribution in [0.1, 0.15) is 51.3 Å². The van der Waals surface area contributed by atoms with Crippen LogP contribution in [0, 0.1) is 5.82 Å². The highest BCUT2D eigenvalue weighted by Crippen LogP contribution is 2.36. The van der Waals surface area contributed by atoms with Crippen LogP contribution >= 0.6 is 11.6 Å². The van der Waals surface area contributed by atoms with E-state index in [4.69, 9.17) is 25.8 Å². The Balaban J connectivity index is 1.68. The molecule has 0 saturated heterocycles. The van der Waals surface area contributed by atoms with Crippen molar-refractivity contribution in [3.63, 3.8) is 0 Å². The number of benzene rings is 4. The molecule has 2 amide bonds. The van der Waals surface area contributed by atoms with Gasteiger partial charge in [0, 0.05) is 25.2 Å². The minimum atomic E-state index is -4.58. The summed E-state index contributed by atoms with van der Waals surface area (Å²) in [6, 6.07) is 18.7. The average Bonchev–Trinajstić information content (AvgIpc) is 3.14. The van der Waals surface area contributed by atoms with Gasteiger partial charge in [-0.2, -0.15) is 13.2 Å². The molecule has 4 aromatic carbocycles. The van der Waals surface area contributed by atoms with E-state index in [0.717, 1.165) is 23.1 Å². The Hall–Kier alpha value is -5.76. The first kappa shape index (κ1) is 41.0. The molecule has 0 saturated carbocycles. The standard InChI is InChI=1S/C39H35ClF4N2O8/c1-5-52-36(50)38(37(51)53-6-2,25-12-8-7-9-13-25)22-54-30(47)21-24-20-29(35(49)46(3)4)33(31(40)32(24)41)45-34(48)28-15-11-10-14-27(28)23-16-18-26(19-17-23)39(42,43)44/h7-20H,5-6,21-22H2,1-4H3,(H,45,48). The van der Waals surface area contributed by atoms with Crippen molar-refractivity contribution in [2.75, 3.05) is 39.2 Å². The summed E-state index contributed by atoms with van der Waals surface area (Å²) < 4.78 is 71.2. The van der Waals surface area contributed by atoms with E-state index in [-0.39, 0.29) is 41.0 Å². The second-order valence-electron chi connectivity index (χ2n) is 11.9. The van der Waals surface area contributed by atoms with Gasteiger partial charge in [-0.15, -0.1) is 0 Å².